The van der Waals surface area contributed by atoms with E-state index in [1.54, 1.807) is 6.20 Å². The molecule has 1 aliphatic heterocycles. The highest BCUT2D eigenvalue weighted by molar-refractivity contribution is 5.42. The van der Waals surface area contributed by atoms with Crippen molar-refractivity contribution in [3.05, 3.63) is 42.4 Å². The Bertz CT molecular complexity index is 572. The van der Waals surface area contributed by atoms with Crippen LogP contribution in [0.15, 0.2) is 36.8 Å². The fraction of sp³-hybridized carbons (Fsp3) is 0.438. The van der Waals surface area contributed by atoms with Crippen LogP contribution in [0.5, 0.6) is 0 Å². The second-order valence-electron chi connectivity index (χ2n) is 5.65. The fourth-order valence-corrected chi connectivity index (χ4v) is 2.67. The van der Waals surface area contributed by atoms with E-state index in [1.807, 2.05) is 24.5 Å². The lowest BCUT2D eigenvalue weighted by atomic mass is 10.0. The Morgan fingerprint density at radius 3 is 3.10 bits per heavy atom. The van der Waals surface area contributed by atoms with Crippen molar-refractivity contribution in [2.45, 2.75) is 26.3 Å². The molecule has 110 valence electrons. The molecule has 21 heavy (non-hydrogen) atoms. The Labute approximate surface area is 125 Å². The van der Waals surface area contributed by atoms with Gasteiger partial charge in [-0.1, -0.05) is 13.0 Å². The maximum Gasteiger partial charge on any atom is 0.227 e. The molecule has 0 radical (unpaired) electrons. The second-order valence-corrected chi connectivity index (χ2v) is 5.65. The number of hydrogen-bond donors (Lipinski definition) is 1. The van der Waals surface area contributed by atoms with Crippen LogP contribution in [0.2, 0.25) is 0 Å². The number of nitrogens with zero attached hydrogens (tertiary/aromatic N) is 4. The molecule has 0 amide bonds. The SMILES string of the molecule is CC1CCCN(c2nccc(NCc3cccnc3)n2)C1. The molecule has 1 unspecified atom stereocenters. The zero-order chi connectivity index (χ0) is 14.5. The molecule has 0 aromatic carbocycles. The number of hydrogen-bond acceptors (Lipinski definition) is 5. The van der Waals surface area contributed by atoms with Gasteiger partial charge in [-0.15, -0.1) is 0 Å². The summed E-state index contributed by atoms with van der Waals surface area (Å²) < 4.78 is 0. The Morgan fingerprint density at radius 2 is 2.29 bits per heavy atom. The van der Waals surface area contributed by atoms with Crippen molar-refractivity contribution < 1.29 is 0 Å². The van der Waals surface area contributed by atoms with E-state index in [0.29, 0.717) is 5.92 Å². The van der Waals surface area contributed by atoms with Gasteiger partial charge in [0.25, 0.3) is 0 Å². The molecular formula is C16H21N5. The lowest BCUT2D eigenvalue weighted by Crippen LogP contribution is -2.35. The third-order valence-corrected chi connectivity index (χ3v) is 3.78. The van der Waals surface area contributed by atoms with Crippen molar-refractivity contribution in [1.29, 1.82) is 0 Å². The van der Waals surface area contributed by atoms with E-state index < -0.39 is 0 Å². The van der Waals surface area contributed by atoms with Gasteiger partial charge in [0.2, 0.25) is 5.95 Å². The van der Waals surface area contributed by atoms with Crippen LogP contribution in [0.3, 0.4) is 0 Å². The Kier molecular flexibility index (Phi) is 4.28. The molecule has 3 heterocycles. The van der Waals surface area contributed by atoms with Crippen molar-refractivity contribution >= 4 is 11.8 Å². The van der Waals surface area contributed by atoms with Crippen LogP contribution in [0.4, 0.5) is 11.8 Å². The van der Waals surface area contributed by atoms with Gasteiger partial charge in [0.1, 0.15) is 5.82 Å². The summed E-state index contributed by atoms with van der Waals surface area (Å²) in [6.45, 7) is 5.11. The van der Waals surface area contributed by atoms with Crippen molar-refractivity contribution in [1.82, 2.24) is 15.0 Å². The molecule has 0 saturated carbocycles. The third kappa shape index (κ3) is 3.68. The van der Waals surface area contributed by atoms with Gasteiger partial charge in [0.05, 0.1) is 0 Å². The molecule has 1 N–H and O–H groups in total. The van der Waals surface area contributed by atoms with E-state index in [-0.39, 0.29) is 0 Å². The minimum Gasteiger partial charge on any atom is -0.366 e. The normalized spacial score (nSPS) is 18.5. The van der Waals surface area contributed by atoms with E-state index in [1.165, 1.54) is 12.8 Å². The quantitative estimate of drug-likeness (QED) is 0.935. The zero-order valence-corrected chi connectivity index (χ0v) is 12.4. The van der Waals surface area contributed by atoms with Crippen molar-refractivity contribution in [2.75, 3.05) is 23.3 Å². The summed E-state index contributed by atoms with van der Waals surface area (Å²) in [6.07, 6.45) is 7.99. The molecule has 5 heteroatoms. The number of rotatable bonds is 4. The van der Waals surface area contributed by atoms with Crippen LogP contribution in [-0.2, 0) is 6.54 Å². The minimum absolute atomic E-state index is 0.717. The Hall–Kier alpha value is -2.17. The first-order valence-electron chi connectivity index (χ1n) is 7.52. The maximum absolute atomic E-state index is 4.63. The van der Waals surface area contributed by atoms with Gasteiger partial charge in [0.15, 0.2) is 0 Å². The van der Waals surface area contributed by atoms with Crippen LogP contribution in [0.25, 0.3) is 0 Å². The van der Waals surface area contributed by atoms with Gasteiger partial charge >= 0.3 is 0 Å². The fourth-order valence-electron chi connectivity index (χ4n) is 2.67. The molecular weight excluding hydrogens is 262 g/mol. The second kappa shape index (κ2) is 6.52. The highest BCUT2D eigenvalue weighted by atomic mass is 15.3. The lowest BCUT2D eigenvalue weighted by molar-refractivity contribution is 0.442. The molecule has 1 fully saturated rings. The minimum atomic E-state index is 0.717. The average molecular weight is 283 g/mol. The van der Waals surface area contributed by atoms with Gasteiger partial charge in [-0.25, -0.2) is 4.98 Å². The van der Waals surface area contributed by atoms with Gasteiger partial charge in [-0.2, -0.15) is 4.98 Å². The number of pyridine rings is 1. The number of aromatic nitrogens is 3. The molecule has 1 atom stereocenters. The molecule has 3 rings (SSSR count). The Balaban J connectivity index is 1.65. The predicted octanol–water partition coefficient (Wildman–Crippen LogP) is 2.72. The molecule has 5 nitrogen and oxygen atoms in total. The van der Waals surface area contributed by atoms with E-state index >= 15 is 0 Å². The van der Waals surface area contributed by atoms with E-state index in [0.717, 1.165) is 37.0 Å². The topological polar surface area (TPSA) is 53.9 Å². The monoisotopic (exact) mass is 283 g/mol. The standard InChI is InChI=1S/C16H21N5/c1-13-4-3-9-21(12-13)16-18-8-6-15(20-16)19-11-14-5-2-7-17-10-14/h2,5-8,10,13H,3-4,9,11-12H2,1H3,(H,18,19,20). The summed E-state index contributed by atoms with van der Waals surface area (Å²) in [7, 11) is 0. The lowest BCUT2D eigenvalue weighted by Gasteiger charge is -2.30. The summed E-state index contributed by atoms with van der Waals surface area (Å²) in [6, 6.07) is 5.90. The molecule has 0 aliphatic carbocycles. The largest absolute Gasteiger partial charge is 0.366 e. The van der Waals surface area contributed by atoms with Crippen LogP contribution in [0, 0.1) is 5.92 Å². The van der Waals surface area contributed by atoms with E-state index in [9.17, 15) is 0 Å². The Morgan fingerprint density at radius 1 is 1.33 bits per heavy atom. The summed E-state index contributed by atoms with van der Waals surface area (Å²) in [5.74, 6) is 2.41. The number of nitrogens with one attached hydrogen (secondary N) is 1. The molecule has 1 aliphatic rings. The summed E-state index contributed by atoms with van der Waals surface area (Å²) in [5.41, 5.74) is 1.14. The summed E-state index contributed by atoms with van der Waals surface area (Å²) in [4.78, 5) is 15.4. The van der Waals surface area contributed by atoms with Gasteiger partial charge < -0.3 is 10.2 Å². The van der Waals surface area contributed by atoms with E-state index in [4.69, 9.17) is 0 Å². The average Bonchev–Trinajstić information content (AvgIpc) is 2.54. The summed E-state index contributed by atoms with van der Waals surface area (Å²) >= 11 is 0. The smallest absolute Gasteiger partial charge is 0.227 e. The highest BCUT2D eigenvalue weighted by Crippen LogP contribution is 2.20. The van der Waals surface area contributed by atoms with E-state index in [2.05, 4.69) is 38.2 Å². The van der Waals surface area contributed by atoms with Crippen LogP contribution in [0.1, 0.15) is 25.3 Å². The third-order valence-electron chi connectivity index (χ3n) is 3.78. The van der Waals surface area contributed by atoms with Gasteiger partial charge in [-0.05, 0) is 36.5 Å². The zero-order valence-electron chi connectivity index (χ0n) is 12.4. The summed E-state index contributed by atoms with van der Waals surface area (Å²) in [5, 5.41) is 3.33. The first-order valence-corrected chi connectivity index (χ1v) is 7.52. The van der Waals surface area contributed by atoms with Crippen molar-refractivity contribution in [2.24, 2.45) is 5.92 Å². The van der Waals surface area contributed by atoms with Gasteiger partial charge in [0, 0.05) is 38.2 Å². The first kappa shape index (κ1) is 13.8. The van der Waals surface area contributed by atoms with Gasteiger partial charge in [-0.3, -0.25) is 4.98 Å². The predicted molar refractivity (Wildman–Crippen MR) is 84.2 cm³/mol. The molecule has 0 spiro atoms. The van der Waals surface area contributed by atoms with Crippen LogP contribution < -0.4 is 10.2 Å². The molecule has 0 bridgehead atoms. The highest BCUT2D eigenvalue weighted by Gasteiger charge is 2.18. The van der Waals surface area contributed by atoms with Crippen molar-refractivity contribution in [3.8, 4) is 0 Å². The van der Waals surface area contributed by atoms with Crippen LogP contribution >= 0.6 is 0 Å². The maximum atomic E-state index is 4.63. The number of anilines is 2. The molecule has 2 aromatic heterocycles. The van der Waals surface area contributed by atoms with Crippen LogP contribution in [-0.4, -0.2) is 28.0 Å². The van der Waals surface area contributed by atoms with Crippen molar-refractivity contribution in [3.63, 3.8) is 0 Å². The first-order chi connectivity index (χ1) is 10.3. The molecule has 1 saturated heterocycles. The number of piperidine rings is 1. The molecule has 2 aromatic rings.